The molecule has 0 fully saturated rings. The molecule has 0 aliphatic heterocycles. The highest BCUT2D eigenvalue weighted by Gasteiger charge is 2.11. The van der Waals surface area contributed by atoms with Gasteiger partial charge in [0.1, 0.15) is 16.3 Å². The molecular formula is C15H17FN2S. The van der Waals surface area contributed by atoms with Crippen LogP contribution in [0.4, 0.5) is 4.39 Å². The van der Waals surface area contributed by atoms with Crippen LogP contribution in [0.15, 0.2) is 18.2 Å². The lowest BCUT2D eigenvalue weighted by Crippen LogP contribution is -1.99. The Morgan fingerprint density at radius 3 is 2.63 bits per heavy atom. The second-order valence-corrected chi connectivity index (χ2v) is 5.19. The monoisotopic (exact) mass is 276 g/mol. The van der Waals surface area contributed by atoms with E-state index in [4.69, 9.17) is 12.2 Å². The Balaban J connectivity index is 2.62. The van der Waals surface area contributed by atoms with E-state index in [9.17, 15) is 4.39 Å². The van der Waals surface area contributed by atoms with Gasteiger partial charge >= 0.3 is 0 Å². The van der Waals surface area contributed by atoms with Crippen LogP contribution in [0.25, 0.3) is 11.3 Å². The van der Waals surface area contributed by atoms with E-state index in [1.165, 1.54) is 0 Å². The SMILES string of the molecule is CCCc1nc(=S)cc(-c2c(C)cc(C)cc2F)[nH]1. The summed E-state index contributed by atoms with van der Waals surface area (Å²) >= 11 is 5.16. The van der Waals surface area contributed by atoms with Crippen LogP contribution in [0, 0.1) is 24.3 Å². The molecule has 19 heavy (non-hydrogen) atoms. The minimum absolute atomic E-state index is 0.225. The topological polar surface area (TPSA) is 28.7 Å². The van der Waals surface area contributed by atoms with Crippen LogP contribution in [0.5, 0.6) is 0 Å². The zero-order valence-corrected chi connectivity index (χ0v) is 12.2. The predicted molar refractivity (Wildman–Crippen MR) is 78.3 cm³/mol. The van der Waals surface area contributed by atoms with E-state index in [2.05, 4.69) is 16.9 Å². The minimum Gasteiger partial charge on any atom is -0.343 e. The van der Waals surface area contributed by atoms with Crippen molar-refractivity contribution < 1.29 is 4.39 Å². The molecule has 100 valence electrons. The Bertz CT molecular complexity index is 638. The Kier molecular flexibility index (Phi) is 4.10. The number of hydrogen-bond donors (Lipinski definition) is 1. The first-order valence-electron chi connectivity index (χ1n) is 6.38. The summed E-state index contributed by atoms with van der Waals surface area (Å²) in [4.78, 5) is 7.45. The molecule has 0 radical (unpaired) electrons. The van der Waals surface area contributed by atoms with E-state index in [0.29, 0.717) is 15.9 Å². The molecule has 0 spiro atoms. The molecule has 0 aliphatic rings. The van der Waals surface area contributed by atoms with Gasteiger partial charge in [-0.2, -0.15) is 0 Å². The lowest BCUT2D eigenvalue weighted by molar-refractivity contribution is 0.628. The summed E-state index contributed by atoms with van der Waals surface area (Å²) in [6, 6.07) is 5.23. The molecule has 2 nitrogen and oxygen atoms in total. The summed E-state index contributed by atoms with van der Waals surface area (Å²) in [5.41, 5.74) is 3.10. The Hall–Kier alpha value is -1.55. The number of nitrogens with zero attached hydrogens (tertiary/aromatic N) is 1. The van der Waals surface area contributed by atoms with Gasteiger partial charge in [0.2, 0.25) is 0 Å². The van der Waals surface area contributed by atoms with Crippen LogP contribution in [0.1, 0.15) is 30.3 Å². The molecule has 0 atom stereocenters. The molecule has 4 heteroatoms. The number of benzene rings is 1. The summed E-state index contributed by atoms with van der Waals surface area (Å²) in [6.45, 7) is 5.86. The molecule has 1 N–H and O–H groups in total. The third-order valence-electron chi connectivity index (χ3n) is 2.98. The molecular weight excluding hydrogens is 259 g/mol. The molecule has 0 saturated carbocycles. The molecule has 0 saturated heterocycles. The Morgan fingerprint density at radius 1 is 1.26 bits per heavy atom. The number of nitrogens with one attached hydrogen (secondary N) is 1. The van der Waals surface area contributed by atoms with Crippen molar-refractivity contribution in [1.29, 1.82) is 0 Å². The van der Waals surface area contributed by atoms with Crippen LogP contribution in [-0.4, -0.2) is 9.97 Å². The van der Waals surface area contributed by atoms with Gasteiger partial charge in [0, 0.05) is 12.0 Å². The van der Waals surface area contributed by atoms with Crippen molar-refractivity contribution in [1.82, 2.24) is 9.97 Å². The van der Waals surface area contributed by atoms with Gasteiger partial charge < -0.3 is 4.98 Å². The summed E-state index contributed by atoms with van der Waals surface area (Å²) in [5, 5.41) is 0. The maximum absolute atomic E-state index is 14.2. The number of rotatable bonds is 3. The molecule has 1 aromatic carbocycles. The second-order valence-electron chi connectivity index (χ2n) is 4.77. The smallest absolute Gasteiger partial charge is 0.133 e. The summed E-state index contributed by atoms with van der Waals surface area (Å²) in [6.07, 6.45) is 1.78. The summed E-state index contributed by atoms with van der Waals surface area (Å²) in [7, 11) is 0. The van der Waals surface area contributed by atoms with Crippen LogP contribution < -0.4 is 0 Å². The van der Waals surface area contributed by atoms with Gasteiger partial charge in [-0.3, -0.25) is 0 Å². The number of halogens is 1. The first kappa shape index (κ1) is 13.9. The number of H-pyrrole nitrogens is 1. The highest BCUT2D eigenvalue weighted by atomic mass is 32.1. The van der Waals surface area contributed by atoms with Crippen molar-refractivity contribution in [3.63, 3.8) is 0 Å². The molecule has 0 unspecified atom stereocenters. The van der Waals surface area contributed by atoms with Gasteiger partial charge in [-0.25, -0.2) is 9.37 Å². The van der Waals surface area contributed by atoms with Gasteiger partial charge in [-0.05, 0) is 43.5 Å². The third-order valence-corrected chi connectivity index (χ3v) is 3.19. The number of aromatic nitrogens is 2. The minimum atomic E-state index is -0.225. The van der Waals surface area contributed by atoms with Crippen molar-refractivity contribution in [3.05, 3.63) is 45.6 Å². The number of aromatic amines is 1. The third kappa shape index (κ3) is 3.07. The molecule has 2 rings (SSSR count). The highest BCUT2D eigenvalue weighted by Crippen LogP contribution is 2.26. The van der Waals surface area contributed by atoms with Crippen molar-refractivity contribution in [2.24, 2.45) is 0 Å². The van der Waals surface area contributed by atoms with E-state index in [1.807, 2.05) is 19.9 Å². The molecule has 1 aromatic heterocycles. The van der Waals surface area contributed by atoms with Crippen molar-refractivity contribution in [2.75, 3.05) is 0 Å². The standard InChI is InChI=1S/C15H17FN2S/c1-4-5-13-17-12(8-14(19)18-13)15-10(3)6-9(2)7-11(15)16/h6-8H,4-5H2,1-3H3,(H,17,18,19). The van der Waals surface area contributed by atoms with Crippen LogP contribution >= 0.6 is 12.2 Å². The van der Waals surface area contributed by atoms with E-state index in [-0.39, 0.29) is 5.82 Å². The van der Waals surface area contributed by atoms with Gasteiger partial charge in [0.25, 0.3) is 0 Å². The molecule has 0 amide bonds. The van der Waals surface area contributed by atoms with Gasteiger partial charge in [0.05, 0.1) is 5.69 Å². The predicted octanol–water partition coefficient (Wildman–Crippen LogP) is 4.51. The van der Waals surface area contributed by atoms with E-state index in [1.54, 1.807) is 12.1 Å². The summed E-state index contributed by atoms with van der Waals surface area (Å²) < 4.78 is 14.7. The normalized spacial score (nSPS) is 10.7. The van der Waals surface area contributed by atoms with Crippen LogP contribution in [-0.2, 0) is 6.42 Å². The number of aryl methyl sites for hydroxylation is 3. The van der Waals surface area contributed by atoms with Gasteiger partial charge in [-0.1, -0.05) is 25.2 Å². The first-order chi connectivity index (χ1) is 9.01. The fourth-order valence-electron chi connectivity index (χ4n) is 2.25. The maximum Gasteiger partial charge on any atom is 0.133 e. The second kappa shape index (κ2) is 5.61. The Morgan fingerprint density at radius 2 is 2.00 bits per heavy atom. The van der Waals surface area contributed by atoms with Gasteiger partial charge in [-0.15, -0.1) is 0 Å². The van der Waals surface area contributed by atoms with Crippen LogP contribution in [0.3, 0.4) is 0 Å². The van der Waals surface area contributed by atoms with Crippen LogP contribution in [0.2, 0.25) is 0 Å². The Labute approximate surface area is 117 Å². The largest absolute Gasteiger partial charge is 0.343 e. The summed E-state index contributed by atoms with van der Waals surface area (Å²) in [5.74, 6) is 0.584. The fraction of sp³-hybridized carbons (Fsp3) is 0.333. The number of hydrogen-bond acceptors (Lipinski definition) is 2. The maximum atomic E-state index is 14.2. The lowest BCUT2D eigenvalue weighted by Gasteiger charge is -2.10. The van der Waals surface area contributed by atoms with E-state index in [0.717, 1.165) is 29.8 Å². The quantitative estimate of drug-likeness (QED) is 0.835. The van der Waals surface area contributed by atoms with Crippen molar-refractivity contribution in [3.8, 4) is 11.3 Å². The average molecular weight is 276 g/mol. The van der Waals surface area contributed by atoms with E-state index < -0.39 is 0 Å². The molecule has 2 aromatic rings. The fourth-order valence-corrected chi connectivity index (χ4v) is 2.48. The van der Waals surface area contributed by atoms with Crippen molar-refractivity contribution in [2.45, 2.75) is 33.6 Å². The zero-order valence-electron chi connectivity index (χ0n) is 11.4. The van der Waals surface area contributed by atoms with Gasteiger partial charge in [0.15, 0.2) is 0 Å². The average Bonchev–Trinajstić information content (AvgIpc) is 2.26. The zero-order chi connectivity index (χ0) is 14.0. The molecule has 0 aliphatic carbocycles. The van der Waals surface area contributed by atoms with E-state index >= 15 is 0 Å². The highest BCUT2D eigenvalue weighted by molar-refractivity contribution is 7.71. The van der Waals surface area contributed by atoms with Crippen molar-refractivity contribution >= 4 is 12.2 Å². The molecule has 0 bridgehead atoms. The lowest BCUT2D eigenvalue weighted by atomic mass is 10.0. The first-order valence-corrected chi connectivity index (χ1v) is 6.79. The molecule has 1 heterocycles.